The Labute approximate surface area is 97.9 Å². The van der Waals surface area contributed by atoms with Gasteiger partial charge in [-0.05, 0) is 39.0 Å². The van der Waals surface area contributed by atoms with Gasteiger partial charge in [-0.25, -0.2) is 0 Å². The predicted octanol–water partition coefficient (Wildman–Crippen LogP) is 2.39. The highest BCUT2D eigenvalue weighted by atomic mass is 16.5. The van der Waals surface area contributed by atoms with E-state index in [1.165, 1.54) is 32.1 Å². The lowest BCUT2D eigenvalue weighted by Gasteiger charge is -2.43. The third-order valence-electron chi connectivity index (χ3n) is 3.96. The SMILES string of the molecule is CCOC(=O)C1(NC2CCCCC2)CCC1. The molecule has 2 saturated carbocycles. The average Bonchev–Trinajstić information content (AvgIpc) is 2.25. The summed E-state index contributed by atoms with van der Waals surface area (Å²) in [7, 11) is 0. The molecular weight excluding hydrogens is 202 g/mol. The highest BCUT2D eigenvalue weighted by Gasteiger charge is 2.46. The molecule has 0 atom stereocenters. The van der Waals surface area contributed by atoms with Crippen molar-refractivity contribution >= 4 is 5.97 Å². The summed E-state index contributed by atoms with van der Waals surface area (Å²) in [5, 5.41) is 3.58. The van der Waals surface area contributed by atoms with Gasteiger partial charge in [-0.1, -0.05) is 19.3 Å². The van der Waals surface area contributed by atoms with Crippen LogP contribution >= 0.6 is 0 Å². The first kappa shape index (κ1) is 11.9. The van der Waals surface area contributed by atoms with Gasteiger partial charge in [0.25, 0.3) is 0 Å². The first-order valence-electron chi connectivity index (χ1n) is 6.72. The second-order valence-electron chi connectivity index (χ2n) is 5.14. The van der Waals surface area contributed by atoms with Gasteiger partial charge in [-0.2, -0.15) is 0 Å². The maximum atomic E-state index is 11.9. The molecule has 0 aliphatic heterocycles. The third-order valence-corrected chi connectivity index (χ3v) is 3.96. The Kier molecular flexibility index (Phi) is 3.85. The maximum absolute atomic E-state index is 11.9. The molecule has 2 fully saturated rings. The Morgan fingerprint density at radius 3 is 2.44 bits per heavy atom. The molecule has 0 unspecified atom stereocenters. The molecule has 0 aromatic rings. The number of hydrogen-bond acceptors (Lipinski definition) is 3. The van der Waals surface area contributed by atoms with Gasteiger partial charge in [0.15, 0.2) is 0 Å². The smallest absolute Gasteiger partial charge is 0.326 e. The molecule has 3 heteroatoms. The Balaban J connectivity index is 1.90. The van der Waals surface area contributed by atoms with Crippen LogP contribution in [0.25, 0.3) is 0 Å². The Bertz CT molecular complexity index is 242. The lowest BCUT2D eigenvalue weighted by Crippen LogP contribution is -2.61. The van der Waals surface area contributed by atoms with Gasteiger partial charge in [-0.3, -0.25) is 10.1 Å². The Morgan fingerprint density at radius 1 is 1.25 bits per heavy atom. The fourth-order valence-corrected chi connectivity index (χ4v) is 2.84. The van der Waals surface area contributed by atoms with E-state index in [0.717, 1.165) is 19.3 Å². The summed E-state index contributed by atoms with van der Waals surface area (Å²) in [5.41, 5.74) is -0.321. The van der Waals surface area contributed by atoms with Crippen molar-refractivity contribution in [2.45, 2.75) is 69.9 Å². The van der Waals surface area contributed by atoms with Gasteiger partial charge in [0.2, 0.25) is 0 Å². The minimum Gasteiger partial charge on any atom is -0.465 e. The molecule has 0 bridgehead atoms. The van der Waals surface area contributed by atoms with Crippen molar-refractivity contribution in [3.63, 3.8) is 0 Å². The summed E-state index contributed by atoms with van der Waals surface area (Å²) in [4.78, 5) is 11.9. The molecule has 92 valence electrons. The van der Waals surface area contributed by atoms with Crippen molar-refractivity contribution in [1.82, 2.24) is 5.32 Å². The van der Waals surface area contributed by atoms with E-state index >= 15 is 0 Å². The van der Waals surface area contributed by atoms with E-state index < -0.39 is 0 Å². The van der Waals surface area contributed by atoms with Crippen LogP contribution in [0.1, 0.15) is 58.3 Å². The molecule has 0 heterocycles. The largest absolute Gasteiger partial charge is 0.465 e. The van der Waals surface area contributed by atoms with Crippen LogP contribution in [0.15, 0.2) is 0 Å². The lowest BCUT2D eigenvalue weighted by atomic mass is 9.75. The third kappa shape index (κ3) is 2.40. The summed E-state index contributed by atoms with van der Waals surface area (Å²) >= 11 is 0. The van der Waals surface area contributed by atoms with Gasteiger partial charge < -0.3 is 4.74 Å². The first-order chi connectivity index (χ1) is 7.77. The van der Waals surface area contributed by atoms with Crippen molar-refractivity contribution in [1.29, 1.82) is 0 Å². The molecule has 3 nitrogen and oxygen atoms in total. The fourth-order valence-electron chi connectivity index (χ4n) is 2.84. The van der Waals surface area contributed by atoms with E-state index in [1.54, 1.807) is 0 Å². The van der Waals surface area contributed by atoms with Crippen molar-refractivity contribution in [3.05, 3.63) is 0 Å². The van der Waals surface area contributed by atoms with E-state index in [-0.39, 0.29) is 11.5 Å². The van der Waals surface area contributed by atoms with Crippen LogP contribution < -0.4 is 5.32 Å². The quantitative estimate of drug-likeness (QED) is 0.747. The van der Waals surface area contributed by atoms with E-state index in [4.69, 9.17) is 4.74 Å². The molecule has 2 aliphatic carbocycles. The molecule has 2 rings (SSSR count). The van der Waals surface area contributed by atoms with Crippen LogP contribution in [0, 0.1) is 0 Å². The molecule has 0 amide bonds. The summed E-state index contributed by atoms with van der Waals surface area (Å²) in [6.45, 7) is 2.37. The monoisotopic (exact) mass is 225 g/mol. The van der Waals surface area contributed by atoms with Crippen LogP contribution in [0.4, 0.5) is 0 Å². The number of esters is 1. The van der Waals surface area contributed by atoms with Crippen molar-refractivity contribution in [2.75, 3.05) is 6.61 Å². The van der Waals surface area contributed by atoms with E-state index in [2.05, 4.69) is 5.32 Å². The minimum atomic E-state index is -0.321. The second kappa shape index (κ2) is 5.17. The molecule has 0 radical (unpaired) electrons. The molecule has 16 heavy (non-hydrogen) atoms. The first-order valence-corrected chi connectivity index (χ1v) is 6.72. The number of hydrogen-bond donors (Lipinski definition) is 1. The molecule has 1 N–H and O–H groups in total. The van der Waals surface area contributed by atoms with Crippen LogP contribution in [-0.4, -0.2) is 24.2 Å². The highest BCUT2D eigenvalue weighted by Crippen LogP contribution is 2.35. The Morgan fingerprint density at radius 2 is 1.94 bits per heavy atom. The van der Waals surface area contributed by atoms with E-state index in [0.29, 0.717) is 12.6 Å². The standard InChI is InChI=1S/C13H23NO2/c1-2-16-12(15)13(9-6-10-13)14-11-7-4-3-5-8-11/h11,14H,2-10H2,1H3. The number of carbonyl (C=O) groups excluding carboxylic acids is 1. The van der Waals surface area contributed by atoms with Crippen LogP contribution in [0.5, 0.6) is 0 Å². The average molecular weight is 225 g/mol. The predicted molar refractivity (Wildman–Crippen MR) is 63.2 cm³/mol. The van der Waals surface area contributed by atoms with Gasteiger partial charge in [0.1, 0.15) is 5.54 Å². The normalized spacial score (nSPS) is 24.8. The van der Waals surface area contributed by atoms with Gasteiger partial charge in [0.05, 0.1) is 6.61 Å². The van der Waals surface area contributed by atoms with Crippen molar-refractivity contribution < 1.29 is 9.53 Å². The summed E-state index contributed by atoms with van der Waals surface area (Å²) in [6, 6.07) is 0.540. The highest BCUT2D eigenvalue weighted by molar-refractivity contribution is 5.82. The summed E-state index contributed by atoms with van der Waals surface area (Å²) in [6.07, 6.45) is 9.48. The van der Waals surface area contributed by atoms with Crippen molar-refractivity contribution in [3.8, 4) is 0 Å². The Hall–Kier alpha value is -0.570. The number of rotatable bonds is 4. The zero-order chi connectivity index (χ0) is 11.4. The van der Waals surface area contributed by atoms with Gasteiger partial charge in [-0.15, -0.1) is 0 Å². The molecule has 0 saturated heterocycles. The fraction of sp³-hybridized carbons (Fsp3) is 0.923. The number of ether oxygens (including phenoxy) is 1. The molecule has 0 aromatic heterocycles. The lowest BCUT2D eigenvalue weighted by molar-refractivity contribution is -0.156. The molecular formula is C13H23NO2. The van der Waals surface area contributed by atoms with Crippen molar-refractivity contribution in [2.24, 2.45) is 0 Å². The van der Waals surface area contributed by atoms with E-state index in [9.17, 15) is 4.79 Å². The van der Waals surface area contributed by atoms with Crippen LogP contribution in [0.2, 0.25) is 0 Å². The molecule has 0 spiro atoms. The summed E-state index contributed by atoms with van der Waals surface area (Å²) < 4.78 is 5.19. The zero-order valence-electron chi connectivity index (χ0n) is 10.3. The topological polar surface area (TPSA) is 38.3 Å². The molecule has 0 aromatic carbocycles. The zero-order valence-corrected chi connectivity index (χ0v) is 10.3. The van der Waals surface area contributed by atoms with Crippen LogP contribution in [0.3, 0.4) is 0 Å². The number of carbonyl (C=O) groups is 1. The van der Waals surface area contributed by atoms with E-state index in [1.807, 2.05) is 6.92 Å². The maximum Gasteiger partial charge on any atom is 0.326 e. The second-order valence-corrected chi connectivity index (χ2v) is 5.14. The van der Waals surface area contributed by atoms with Gasteiger partial charge >= 0.3 is 5.97 Å². The minimum absolute atomic E-state index is 0.0215. The van der Waals surface area contributed by atoms with Crippen LogP contribution in [-0.2, 0) is 9.53 Å². The van der Waals surface area contributed by atoms with Gasteiger partial charge in [0, 0.05) is 6.04 Å². The molecule has 2 aliphatic rings. The number of nitrogens with one attached hydrogen (secondary N) is 1. The summed E-state index contributed by atoms with van der Waals surface area (Å²) in [5.74, 6) is -0.0215.